The molecule has 4 heteroatoms. The molecule has 1 amide bonds. The molecule has 0 saturated carbocycles. The van der Waals surface area contributed by atoms with Gasteiger partial charge in [0.05, 0.1) is 0 Å². The molecule has 0 radical (unpaired) electrons. The maximum absolute atomic E-state index is 12.4. The maximum atomic E-state index is 12.4. The normalized spacial score (nSPS) is 12.8. The van der Waals surface area contributed by atoms with Gasteiger partial charge in [0, 0.05) is 24.6 Å². The first kappa shape index (κ1) is 19.7. The highest BCUT2D eigenvalue weighted by Gasteiger charge is 2.15. The predicted octanol–water partition coefficient (Wildman–Crippen LogP) is 5.84. The number of para-hydroxylation sites is 1. The number of amides is 1. The summed E-state index contributed by atoms with van der Waals surface area (Å²) >= 11 is 0. The SMILES string of the molecule is CCN(CC)C(=O)/C=C(\C)c1cc2cccc(OC(C)c3ccccc3)c2o1. The van der Waals surface area contributed by atoms with Crippen molar-refractivity contribution in [2.75, 3.05) is 13.1 Å². The van der Waals surface area contributed by atoms with Gasteiger partial charge in [-0.3, -0.25) is 4.79 Å². The molecule has 3 aromatic rings. The fourth-order valence-electron chi connectivity index (χ4n) is 3.19. The third-order valence-electron chi connectivity index (χ3n) is 4.88. The van der Waals surface area contributed by atoms with Crippen LogP contribution in [0.15, 0.2) is 65.1 Å². The van der Waals surface area contributed by atoms with Gasteiger partial charge in [-0.25, -0.2) is 0 Å². The van der Waals surface area contributed by atoms with E-state index in [0.717, 1.165) is 16.5 Å². The van der Waals surface area contributed by atoms with Crippen molar-refractivity contribution in [2.45, 2.75) is 33.8 Å². The second kappa shape index (κ2) is 8.79. The van der Waals surface area contributed by atoms with Crippen LogP contribution in [0, 0.1) is 0 Å². The number of ether oxygens (including phenoxy) is 1. The van der Waals surface area contributed by atoms with Gasteiger partial charge in [-0.2, -0.15) is 0 Å². The Balaban J connectivity index is 1.88. The Morgan fingerprint density at radius 2 is 1.82 bits per heavy atom. The van der Waals surface area contributed by atoms with E-state index in [1.807, 2.05) is 82.3 Å². The van der Waals surface area contributed by atoms with Crippen LogP contribution in [0.2, 0.25) is 0 Å². The van der Waals surface area contributed by atoms with Crippen molar-refractivity contribution in [3.05, 3.63) is 72.0 Å². The number of fused-ring (bicyclic) bond motifs is 1. The van der Waals surface area contributed by atoms with Crippen LogP contribution >= 0.6 is 0 Å². The first-order chi connectivity index (χ1) is 13.5. The summed E-state index contributed by atoms with van der Waals surface area (Å²) in [6.07, 6.45) is 1.54. The van der Waals surface area contributed by atoms with E-state index in [-0.39, 0.29) is 12.0 Å². The Bertz CT molecular complexity index is 968. The highest BCUT2D eigenvalue weighted by Crippen LogP contribution is 2.33. The van der Waals surface area contributed by atoms with Gasteiger partial charge in [-0.1, -0.05) is 42.5 Å². The zero-order valence-corrected chi connectivity index (χ0v) is 16.9. The van der Waals surface area contributed by atoms with Crippen LogP contribution in [0.3, 0.4) is 0 Å². The largest absolute Gasteiger partial charge is 0.482 e. The highest BCUT2D eigenvalue weighted by atomic mass is 16.5. The van der Waals surface area contributed by atoms with Crippen LogP contribution in [-0.2, 0) is 4.79 Å². The number of benzene rings is 2. The maximum Gasteiger partial charge on any atom is 0.246 e. The summed E-state index contributed by atoms with van der Waals surface area (Å²) in [7, 11) is 0. The van der Waals surface area contributed by atoms with Gasteiger partial charge in [0.1, 0.15) is 11.9 Å². The number of nitrogens with zero attached hydrogens (tertiary/aromatic N) is 1. The lowest BCUT2D eigenvalue weighted by atomic mass is 10.1. The van der Waals surface area contributed by atoms with Crippen LogP contribution in [-0.4, -0.2) is 23.9 Å². The van der Waals surface area contributed by atoms with Gasteiger partial charge in [0.2, 0.25) is 5.91 Å². The molecule has 0 aliphatic rings. The first-order valence-electron chi connectivity index (χ1n) is 9.75. The van der Waals surface area contributed by atoms with Crippen molar-refractivity contribution in [1.29, 1.82) is 0 Å². The van der Waals surface area contributed by atoms with Crippen LogP contribution < -0.4 is 4.74 Å². The number of furan rings is 1. The number of hydrogen-bond acceptors (Lipinski definition) is 3. The monoisotopic (exact) mass is 377 g/mol. The molecule has 1 aromatic heterocycles. The molecular weight excluding hydrogens is 350 g/mol. The summed E-state index contributed by atoms with van der Waals surface area (Å²) in [5, 5.41) is 0.954. The molecule has 4 nitrogen and oxygen atoms in total. The smallest absolute Gasteiger partial charge is 0.246 e. The van der Waals surface area contributed by atoms with Gasteiger partial charge in [0.15, 0.2) is 11.3 Å². The zero-order chi connectivity index (χ0) is 20.1. The number of rotatable bonds is 7. The number of hydrogen-bond donors (Lipinski definition) is 0. The second-order valence-electron chi connectivity index (χ2n) is 6.79. The molecule has 1 atom stereocenters. The van der Waals surface area contributed by atoms with Crippen LogP contribution in [0.1, 0.15) is 45.1 Å². The molecule has 0 fully saturated rings. The van der Waals surface area contributed by atoms with Crippen molar-refractivity contribution >= 4 is 22.4 Å². The van der Waals surface area contributed by atoms with E-state index < -0.39 is 0 Å². The molecule has 0 saturated heterocycles. The number of allylic oxidation sites excluding steroid dienone is 1. The average molecular weight is 377 g/mol. The molecule has 1 unspecified atom stereocenters. The molecule has 2 aromatic carbocycles. The first-order valence-corrected chi connectivity index (χ1v) is 9.75. The standard InChI is InChI=1S/C24H27NO3/c1-5-25(6-2)23(26)15-17(3)22-16-20-13-10-14-21(24(20)28-22)27-18(4)19-11-8-7-9-12-19/h7-16,18H,5-6H2,1-4H3/b17-15+. The molecule has 0 N–H and O–H groups in total. The molecule has 0 bridgehead atoms. The minimum Gasteiger partial charge on any atom is -0.482 e. The van der Waals surface area contributed by atoms with Gasteiger partial charge < -0.3 is 14.1 Å². The molecular formula is C24H27NO3. The van der Waals surface area contributed by atoms with Gasteiger partial charge >= 0.3 is 0 Å². The van der Waals surface area contributed by atoms with Crippen LogP contribution in [0.5, 0.6) is 5.75 Å². The minimum absolute atomic E-state index is 0.00266. The van der Waals surface area contributed by atoms with Crippen LogP contribution in [0.4, 0.5) is 0 Å². The molecule has 1 heterocycles. The van der Waals surface area contributed by atoms with E-state index in [2.05, 4.69) is 0 Å². The van der Waals surface area contributed by atoms with E-state index >= 15 is 0 Å². The van der Waals surface area contributed by atoms with E-state index in [1.165, 1.54) is 0 Å². The molecule has 146 valence electrons. The Morgan fingerprint density at radius 1 is 1.11 bits per heavy atom. The summed E-state index contributed by atoms with van der Waals surface area (Å²) < 4.78 is 12.3. The van der Waals surface area contributed by atoms with Crippen molar-refractivity contribution < 1.29 is 13.9 Å². The Morgan fingerprint density at radius 3 is 2.50 bits per heavy atom. The Labute approximate surface area is 166 Å². The third-order valence-corrected chi connectivity index (χ3v) is 4.88. The van der Waals surface area contributed by atoms with Crippen molar-refractivity contribution in [2.24, 2.45) is 0 Å². The van der Waals surface area contributed by atoms with E-state index in [1.54, 1.807) is 11.0 Å². The lowest BCUT2D eigenvalue weighted by molar-refractivity contribution is -0.125. The summed E-state index contributed by atoms with van der Waals surface area (Å²) in [5.74, 6) is 1.37. The molecule has 0 aliphatic carbocycles. The molecule has 3 rings (SSSR count). The van der Waals surface area contributed by atoms with Gasteiger partial charge in [-0.05, 0) is 51.0 Å². The van der Waals surface area contributed by atoms with Crippen molar-refractivity contribution in [3.8, 4) is 5.75 Å². The summed E-state index contributed by atoms with van der Waals surface area (Å²) in [6.45, 7) is 9.24. The Hall–Kier alpha value is -3.01. The third kappa shape index (κ3) is 4.28. The lowest BCUT2D eigenvalue weighted by Crippen LogP contribution is -2.28. The highest BCUT2D eigenvalue weighted by molar-refractivity contribution is 5.95. The zero-order valence-electron chi connectivity index (χ0n) is 16.9. The minimum atomic E-state index is -0.0961. The summed E-state index contributed by atoms with van der Waals surface area (Å²) in [4.78, 5) is 14.1. The molecule has 0 spiro atoms. The number of carbonyl (C=O) groups is 1. The lowest BCUT2D eigenvalue weighted by Gasteiger charge is -2.16. The number of likely N-dealkylation sites (N-methyl/N-ethyl adjacent to an activating group) is 1. The van der Waals surface area contributed by atoms with Crippen LogP contribution in [0.25, 0.3) is 16.5 Å². The fourth-order valence-corrected chi connectivity index (χ4v) is 3.19. The van der Waals surface area contributed by atoms with Gasteiger partial charge in [-0.15, -0.1) is 0 Å². The predicted molar refractivity (Wildman–Crippen MR) is 113 cm³/mol. The van der Waals surface area contributed by atoms with E-state index in [9.17, 15) is 4.79 Å². The molecule has 0 aliphatic heterocycles. The van der Waals surface area contributed by atoms with Gasteiger partial charge in [0.25, 0.3) is 0 Å². The second-order valence-corrected chi connectivity index (χ2v) is 6.79. The molecule has 28 heavy (non-hydrogen) atoms. The Kier molecular flexibility index (Phi) is 6.19. The summed E-state index contributed by atoms with van der Waals surface area (Å²) in [5.41, 5.74) is 2.60. The topological polar surface area (TPSA) is 42.7 Å². The van der Waals surface area contributed by atoms with Crippen molar-refractivity contribution in [1.82, 2.24) is 4.90 Å². The quantitative estimate of drug-likeness (QED) is 0.485. The average Bonchev–Trinajstić information content (AvgIpc) is 3.15. The fraction of sp³-hybridized carbons (Fsp3) is 0.292. The van der Waals surface area contributed by atoms with E-state index in [4.69, 9.17) is 9.15 Å². The van der Waals surface area contributed by atoms with Crippen molar-refractivity contribution in [3.63, 3.8) is 0 Å². The summed E-state index contributed by atoms with van der Waals surface area (Å²) in [6, 6.07) is 17.9. The number of carbonyl (C=O) groups excluding carboxylic acids is 1. The van der Waals surface area contributed by atoms with E-state index in [0.29, 0.717) is 30.2 Å².